The predicted octanol–water partition coefficient (Wildman–Crippen LogP) is 3.32. The van der Waals surface area contributed by atoms with E-state index in [1.807, 2.05) is 11.0 Å². The van der Waals surface area contributed by atoms with Gasteiger partial charge in [0, 0.05) is 36.2 Å². The van der Waals surface area contributed by atoms with Gasteiger partial charge in [0.05, 0.1) is 0 Å². The van der Waals surface area contributed by atoms with Crippen molar-refractivity contribution < 1.29 is 9.18 Å². The highest BCUT2D eigenvalue weighted by Crippen LogP contribution is 2.28. The van der Waals surface area contributed by atoms with Gasteiger partial charge in [-0.1, -0.05) is 26.0 Å². The van der Waals surface area contributed by atoms with Crippen LogP contribution in [0.15, 0.2) is 29.2 Å². The maximum atomic E-state index is 13.5. The highest BCUT2D eigenvalue weighted by Gasteiger charge is 2.34. The van der Waals surface area contributed by atoms with Gasteiger partial charge in [-0.05, 0) is 24.0 Å². The molecule has 0 bridgehead atoms. The quantitative estimate of drug-likeness (QED) is 0.851. The number of thioether (sulfide) groups is 1. The van der Waals surface area contributed by atoms with Crippen LogP contribution in [0.5, 0.6) is 0 Å². The normalized spacial score (nSPS) is 20.4. The molecule has 1 unspecified atom stereocenters. The highest BCUT2D eigenvalue weighted by molar-refractivity contribution is 7.99. The van der Waals surface area contributed by atoms with Crippen LogP contribution in [0, 0.1) is 11.2 Å². The lowest BCUT2D eigenvalue weighted by Crippen LogP contribution is -2.54. The lowest BCUT2D eigenvalue weighted by Gasteiger charge is -2.42. The Hall–Kier alpha value is -0.780. The van der Waals surface area contributed by atoms with Gasteiger partial charge in [-0.3, -0.25) is 4.79 Å². The maximum absolute atomic E-state index is 13.5. The minimum Gasteiger partial charge on any atom is -0.342 e. The minimum atomic E-state index is -0.222. The van der Waals surface area contributed by atoms with E-state index in [0.717, 1.165) is 13.0 Å². The summed E-state index contributed by atoms with van der Waals surface area (Å²) in [6, 6.07) is 6.81. The topological polar surface area (TPSA) is 46.3 Å². The fourth-order valence-corrected chi connectivity index (χ4v) is 3.43. The van der Waals surface area contributed by atoms with E-state index in [2.05, 4.69) is 13.8 Å². The van der Waals surface area contributed by atoms with Crippen molar-refractivity contribution in [2.45, 2.75) is 37.6 Å². The number of hydrogen-bond acceptors (Lipinski definition) is 3. The average molecular weight is 347 g/mol. The second kappa shape index (κ2) is 8.18. The van der Waals surface area contributed by atoms with E-state index < -0.39 is 0 Å². The van der Waals surface area contributed by atoms with E-state index in [1.54, 1.807) is 12.1 Å². The van der Waals surface area contributed by atoms with Crippen LogP contribution in [0.2, 0.25) is 0 Å². The summed E-state index contributed by atoms with van der Waals surface area (Å²) in [5.74, 6) is 0.516. The van der Waals surface area contributed by atoms with Gasteiger partial charge in [0.15, 0.2) is 0 Å². The molecular formula is C16H24ClFN2OS. The van der Waals surface area contributed by atoms with Gasteiger partial charge in [0.2, 0.25) is 5.91 Å². The van der Waals surface area contributed by atoms with Crippen molar-refractivity contribution in [3.8, 4) is 0 Å². The second-order valence-electron chi connectivity index (χ2n) is 6.23. The Morgan fingerprint density at radius 3 is 2.77 bits per heavy atom. The molecule has 1 amide bonds. The van der Waals surface area contributed by atoms with Crippen LogP contribution in [-0.4, -0.2) is 35.7 Å². The van der Waals surface area contributed by atoms with Gasteiger partial charge in [-0.2, -0.15) is 0 Å². The summed E-state index contributed by atoms with van der Waals surface area (Å²) >= 11 is 1.39. The number of hydrogen-bond donors (Lipinski definition) is 1. The smallest absolute Gasteiger partial charge is 0.223 e. The monoisotopic (exact) mass is 346 g/mol. The Kier molecular flexibility index (Phi) is 7.16. The summed E-state index contributed by atoms with van der Waals surface area (Å²) in [7, 11) is 0. The first kappa shape index (κ1) is 19.3. The standard InChI is InChI=1S/C16H23FN2OS.ClH/c1-16(2)11-19(9-7-14(16)18)15(20)8-10-21-13-6-4-3-5-12(13)17;/h3-6,14H,7-11,18H2,1-2H3;1H. The summed E-state index contributed by atoms with van der Waals surface area (Å²) in [6.07, 6.45) is 1.28. The van der Waals surface area contributed by atoms with Gasteiger partial charge in [-0.25, -0.2) is 4.39 Å². The van der Waals surface area contributed by atoms with E-state index in [9.17, 15) is 9.18 Å². The van der Waals surface area contributed by atoms with Crippen molar-refractivity contribution in [2.75, 3.05) is 18.8 Å². The van der Waals surface area contributed by atoms with Gasteiger partial charge < -0.3 is 10.6 Å². The zero-order valence-electron chi connectivity index (χ0n) is 13.0. The van der Waals surface area contributed by atoms with Crippen molar-refractivity contribution in [3.63, 3.8) is 0 Å². The highest BCUT2D eigenvalue weighted by atomic mass is 35.5. The third-order valence-electron chi connectivity index (χ3n) is 4.08. The van der Waals surface area contributed by atoms with Crippen LogP contribution in [0.25, 0.3) is 0 Å². The Bertz CT molecular complexity index is 513. The predicted molar refractivity (Wildman–Crippen MR) is 91.9 cm³/mol. The number of likely N-dealkylation sites (tertiary alicyclic amines) is 1. The number of halogens is 2. The van der Waals surface area contributed by atoms with Gasteiger partial charge in [-0.15, -0.1) is 24.2 Å². The van der Waals surface area contributed by atoms with Gasteiger partial charge >= 0.3 is 0 Å². The molecule has 0 spiro atoms. The molecule has 0 aliphatic carbocycles. The van der Waals surface area contributed by atoms with Crippen LogP contribution in [-0.2, 0) is 4.79 Å². The number of piperidine rings is 1. The Balaban J connectivity index is 0.00000242. The van der Waals surface area contributed by atoms with Gasteiger partial charge in [0.25, 0.3) is 0 Å². The largest absolute Gasteiger partial charge is 0.342 e. The number of rotatable bonds is 4. The van der Waals surface area contributed by atoms with Crippen molar-refractivity contribution in [1.29, 1.82) is 0 Å². The summed E-state index contributed by atoms with van der Waals surface area (Å²) in [4.78, 5) is 14.7. The third kappa shape index (κ3) is 4.86. The van der Waals surface area contributed by atoms with E-state index in [-0.39, 0.29) is 35.6 Å². The lowest BCUT2D eigenvalue weighted by atomic mass is 9.79. The minimum absolute atomic E-state index is 0. The molecule has 0 saturated carbocycles. The molecule has 1 fully saturated rings. The Labute approximate surface area is 142 Å². The summed E-state index contributed by atoms with van der Waals surface area (Å²) < 4.78 is 13.5. The molecule has 22 heavy (non-hydrogen) atoms. The number of nitrogens with zero attached hydrogens (tertiary/aromatic N) is 1. The summed E-state index contributed by atoms with van der Waals surface area (Å²) in [6.45, 7) is 5.64. The number of benzene rings is 1. The summed E-state index contributed by atoms with van der Waals surface area (Å²) in [5.41, 5.74) is 6.05. The molecule has 3 nitrogen and oxygen atoms in total. The van der Waals surface area contributed by atoms with Crippen LogP contribution in [0.4, 0.5) is 4.39 Å². The number of carbonyl (C=O) groups excluding carboxylic acids is 1. The second-order valence-corrected chi connectivity index (χ2v) is 7.36. The molecule has 6 heteroatoms. The third-order valence-corrected chi connectivity index (χ3v) is 5.13. The van der Waals surface area contributed by atoms with Crippen molar-refractivity contribution in [1.82, 2.24) is 4.90 Å². The van der Waals surface area contributed by atoms with Crippen LogP contribution >= 0.6 is 24.2 Å². The van der Waals surface area contributed by atoms with Crippen LogP contribution < -0.4 is 5.73 Å². The molecule has 0 radical (unpaired) electrons. The molecule has 1 heterocycles. The maximum Gasteiger partial charge on any atom is 0.223 e. The van der Waals surface area contributed by atoms with E-state index in [0.29, 0.717) is 23.6 Å². The summed E-state index contributed by atoms with van der Waals surface area (Å²) in [5, 5.41) is 0. The van der Waals surface area contributed by atoms with E-state index >= 15 is 0 Å². The fraction of sp³-hybridized carbons (Fsp3) is 0.562. The molecule has 1 aromatic rings. The Morgan fingerprint density at radius 1 is 1.45 bits per heavy atom. The fourth-order valence-electron chi connectivity index (χ4n) is 2.55. The van der Waals surface area contributed by atoms with Gasteiger partial charge in [0.1, 0.15) is 5.82 Å². The van der Waals surface area contributed by atoms with Crippen molar-refractivity contribution >= 4 is 30.1 Å². The number of amides is 1. The van der Waals surface area contributed by atoms with E-state index in [4.69, 9.17) is 5.73 Å². The SMILES string of the molecule is CC1(C)CN(C(=O)CCSc2ccccc2F)CCC1N.Cl. The lowest BCUT2D eigenvalue weighted by molar-refractivity contribution is -0.134. The van der Waals surface area contributed by atoms with Crippen molar-refractivity contribution in [2.24, 2.45) is 11.1 Å². The zero-order chi connectivity index (χ0) is 15.5. The molecule has 1 aromatic carbocycles. The first-order chi connectivity index (χ1) is 9.90. The molecule has 2 N–H and O–H groups in total. The molecule has 1 atom stereocenters. The molecular weight excluding hydrogens is 323 g/mol. The zero-order valence-corrected chi connectivity index (χ0v) is 14.7. The molecule has 0 aromatic heterocycles. The average Bonchev–Trinajstić information content (AvgIpc) is 2.43. The number of carbonyl (C=O) groups is 1. The molecule has 1 aliphatic heterocycles. The van der Waals surface area contributed by atoms with Crippen LogP contribution in [0.1, 0.15) is 26.7 Å². The molecule has 124 valence electrons. The first-order valence-electron chi connectivity index (χ1n) is 7.31. The van der Waals surface area contributed by atoms with Crippen LogP contribution in [0.3, 0.4) is 0 Å². The molecule has 1 saturated heterocycles. The Morgan fingerprint density at radius 2 is 2.14 bits per heavy atom. The molecule has 1 aliphatic rings. The van der Waals surface area contributed by atoms with E-state index in [1.165, 1.54) is 17.8 Å². The number of nitrogens with two attached hydrogens (primary N) is 1. The van der Waals surface area contributed by atoms with Crippen molar-refractivity contribution in [3.05, 3.63) is 30.1 Å². The first-order valence-corrected chi connectivity index (χ1v) is 8.29. The molecule has 2 rings (SSSR count).